The first-order valence-corrected chi connectivity index (χ1v) is 8.33. The molecule has 0 bridgehead atoms. The van der Waals surface area contributed by atoms with Crippen LogP contribution in [0, 0.1) is 0 Å². The number of likely N-dealkylation sites (tertiary alicyclic amines) is 1. The van der Waals surface area contributed by atoms with Gasteiger partial charge < -0.3 is 19.5 Å². The van der Waals surface area contributed by atoms with Crippen LogP contribution in [0.2, 0.25) is 0 Å². The molecule has 1 aromatic heterocycles. The summed E-state index contributed by atoms with van der Waals surface area (Å²) < 4.78 is 11.2. The van der Waals surface area contributed by atoms with E-state index in [1.807, 2.05) is 11.9 Å². The van der Waals surface area contributed by atoms with Crippen molar-refractivity contribution in [2.24, 2.45) is 0 Å². The molecular weight excluding hydrogens is 312 g/mol. The molecule has 3 fully saturated rings. The minimum Gasteiger partial charge on any atom is -0.368 e. The van der Waals surface area contributed by atoms with Gasteiger partial charge in [0.2, 0.25) is 5.91 Å². The molecule has 2 saturated heterocycles. The Morgan fingerprint density at radius 1 is 1.33 bits per heavy atom. The van der Waals surface area contributed by atoms with Crippen molar-refractivity contribution in [1.82, 2.24) is 20.3 Å². The molecule has 1 N–H and O–H groups in total. The highest BCUT2D eigenvalue weighted by Gasteiger charge is 2.51. The third-order valence-corrected chi connectivity index (χ3v) is 5.14. The lowest BCUT2D eigenvalue weighted by Crippen LogP contribution is -2.73. The van der Waals surface area contributed by atoms with E-state index < -0.39 is 0 Å². The maximum atomic E-state index is 12.5. The van der Waals surface area contributed by atoms with E-state index in [4.69, 9.17) is 9.26 Å². The van der Waals surface area contributed by atoms with Crippen LogP contribution in [0.3, 0.4) is 0 Å². The maximum Gasteiger partial charge on any atom is 0.276 e. The predicted molar refractivity (Wildman–Crippen MR) is 83.5 cm³/mol. The van der Waals surface area contributed by atoms with E-state index in [1.165, 1.54) is 0 Å². The molecule has 1 spiro atoms. The standard InChI is InChI=1S/C16H22N4O4/c1-17-14(21)12-6-23-16(7-19(12)2)8-20(9-16)15(22)11-5-13(24-18-11)10-3-4-10/h5,10,12H,3-4,6-9H2,1-2H3,(H,17,21)/t12-/m1/s1. The van der Waals surface area contributed by atoms with Gasteiger partial charge in [-0.05, 0) is 19.9 Å². The van der Waals surface area contributed by atoms with Gasteiger partial charge in [-0.25, -0.2) is 0 Å². The molecule has 130 valence electrons. The molecule has 2 amide bonds. The smallest absolute Gasteiger partial charge is 0.276 e. The number of likely N-dealkylation sites (N-methyl/N-ethyl adjacent to an activating group) is 2. The van der Waals surface area contributed by atoms with E-state index in [9.17, 15) is 9.59 Å². The summed E-state index contributed by atoms with van der Waals surface area (Å²) in [5, 5.41) is 6.55. The first-order chi connectivity index (χ1) is 11.5. The van der Waals surface area contributed by atoms with Crippen LogP contribution in [0.1, 0.15) is 35.0 Å². The van der Waals surface area contributed by atoms with Crippen LogP contribution in [0.5, 0.6) is 0 Å². The number of hydrogen-bond donors (Lipinski definition) is 1. The minimum absolute atomic E-state index is 0.0465. The number of carbonyl (C=O) groups is 2. The molecule has 2 aliphatic heterocycles. The van der Waals surface area contributed by atoms with E-state index in [1.54, 1.807) is 18.0 Å². The number of morpholine rings is 1. The van der Waals surface area contributed by atoms with Crippen LogP contribution >= 0.6 is 0 Å². The second-order valence-corrected chi connectivity index (χ2v) is 7.09. The molecule has 4 rings (SSSR count). The minimum atomic E-state index is -0.377. The quantitative estimate of drug-likeness (QED) is 0.825. The Hall–Kier alpha value is -1.93. The Labute approximate surface area is 140 Å². The molecule has 1 saturated carbocycles. The van der Waals surface area contributed by atoms with E-state index >= 15 is 0 Å². The Bertz CT molecular complexity index is 663. The zero-order valence-corrected chi connectivity index (χ0v) is 13.9. The lowest BCUT2D eigenvalue weighted by atomic mass is 9.90. The van der Waals surface area contributed by atoms with Gasteiger partial charge in [0.15, 0.2) is 5.69 Å². The van der Waals surface area contributed by atoms with Gasteiger partial charge in [0.05, 0.1) is 19.7 Å². The van der Waals surface area contributed by atoms with Gasteiger partial charge in [-0.1, -0.05) is 5.16 Å². The van der Waals surface area contributed by atoms with E-state index in [0.29, 0.717) is 37.9 Å². The summed E-state index contributed by atoms with van der Waals surface area (Å²) in [5.74, 6) is 1.10. The molecule has 1 aromatic rings. The highest BCUT2D eigenvalue weighted by molar-refractivity contribution is 5.93. The van der Waals surface area contributed by atoms with E-state index in [-0.39, 0.29) is 23.5 Å². The zero-order valence-electron chi connectivity index (χ0n) is 13.9. The predicted octanol–water partition coefficient (Wildman–Crippen LogP) is -0.177. The summed E-state index contributed by atoms with van der Waals surface area (Å²) in [4.78, 5) is 28.0. The van der Waals surface area contributed by atoms with Crippen LogP contribution in [-0.2, 0) is 9.53 Å². The molecule has 8 nitrogen and oxygen atoms in total. The van der Waals surface area contributed by atoms with Gasteiger partial charge in [0.25, 0.3) is 5.91 Å². The molecule has 1 atom stereocenters. The number of nitrogens with one attached hydrogen (secondary N) is 1. The molecule has 0 aromatic carbocycles. The van der Waals surface area contributed by atoms with Crippen LogP contribution in [0.4, 0.5) is 0 Å². The second-order valence-electron chi connectivity index (χ2n) is 7.09. The van der Waals surface area contributed by atoms with Gasteiger partial charge in [-0.2, -0.15) is 0 Å². The Morgan fingerprint density at radius 2 is 2.08 bits per heavy atom. The van der Waals surface area contributed by atoms with Gasteiger partial charge in [0, 0.05) is 25.6 Å². The number of rotatable bonds is 3. The Kier molecular flexibility index (Phi) is 3.61. The van der Waals surface area contributed by atoms with Crippen molar-refractivity contribution in [3.05, 3.63) is 17.5 Å². The molecule has 1 aliphatic carbocycles. The van der Waals surface area contributed by atoms with Crippen molar-refractivity contribution in [2.75, 3.05) is 40.3 Å². The van der Waals surface area contributed by atoms with Crippen molar-refractivity contribution in [3.8, 4) is 0 Å². The Balaban J connectivity index is 1.35. The third-order valence-electron chi connectivity index (χ3n) is 5.14. The van der Waals surface area contributed by atoms with E-state index in [2.05, 4.69) is 10.5 Å². The SMILES string of the molecule is CNC(=O)[C@H]1COC2(CN(C(=O)c3cc(C4CC4)on3)C2)CN1C. The second kappa shape index (κ2) is 5.56. The van der Waals surface area contributed by atoms with Crippen LogP contribution in [-0.4, -0.2) is 78.8 Å². The summed E-state index contributed by atoms with van der Waals surface area (Å²) in [7, 11) is 3.53. The average Bonchev–Trinajstić information content (AvgIpc) is 3.28. The highest BCUT2D eigenvalue weighted by atomic mass is 16.5. The maximum absolute atomic E-state index is 12.5. The molecule has 3 heterocycles. The monoisotopic (exact) mass is 334 g/mol. The summed E-state index contributed by atoms with van der Waals surface area (Å²) in [5.41, 5.74) is -0.00278. The largest absolute Gasteiger partial charge is 0.368 e. The Morgan fingerprint density at radius 3 is 2.71 bits per heavy atom. The van der Waals surface area contributed by atoms with Gasteiger partial charge >= 0.3 is 0 Å². The zero-order chi connectivity index (χ0) is 16.9. The first-order valence-electron chi connectivity index (χ1n) is 8.33. The fourth-order valence-corrected chi connectivity index (χ4v) is 3.53. The van der Waals surface area contributed by atoms with Crippen LogP contribution < -0.4 is 5.32 Å². The lowest BCUT2D eigenvalue weighted by molar-refractivity contribution is -0.187. The number of hydrogen-bond acceptors (Lipinski definition) is 6. The molecule has 24 heavy (non-hydrogen) atoms. The number of carbonyl (C=O) groups excluding carboxylic acids is 2. The van der Waals surface area contributed by atoms with Gasteiger partial charge in [-0.3, -0.25) is 14.5 Å². The molecule has 0 unspecified atom stereocenters. The number of ether oxygens (including phenoxy) is 1. The summed E-state index contributed by atoms with van der Waals surface area (Å²) in [6.45, 7) is 2.00. The highest BCUT2D eigenvalue weighted by Crippen LogP contribution is 2.40. The lowest BCUT2D eigenvalue weighted by Gasteiger charge is -2.54. The topological polar surface area (TPSA) is 87.9 Å². The number of amides is 2. The molecule has 0 radical (unpaired) electrons. The summed E-state index contributed by atoms with van der Waals surface area (Å²) in [6, 6.07) is 1.49. The fraction of sp³-hybridized carbons (Fsp3) is 0.688. The van der Waals surface area contributed by atoms with Crippen molar-refractivity contribution in [1.29, 1.82) is 0 Å². The molecule has 3 aliphatic rings. The summed E-state index contributed by atoms with van der Waals surface area (Å²) in [6.07, 6.45) is 2.23. The average molecular weight is 334 g/mol. The summed E-state index contributed by atoms with van der Waals surface area (Å²) >= 11 is 0. The number of aromatic nitrogens is 1. The van der Waals surface area contributed by atoms with Gasteiger partial charge in [-0.15, -0.1) is 0 Å². The molecule has 8 heteroatoms. The van der Waals surface area contributed by atoms with Crippen LogP contribution in [0.15, 0.2) is 10.6 Å². The first kappa shape index (κ1) is 15.6. The van der Waals surface area contributed by atoms with Gasteiger partial charge in [0.1, 0.15) is 17.4 Å². The fourth-order valence-electron chi connectivity index (χ4n) is 3.53. The van der Waals surface area contributed by atoms with Crippen LogP contribution in [0.25, 0.3) is 0 Å². The van der Waals surface area contributed by atoms with Crippen molar-refractivity contribution >= 4 is 11.8 Å². The van der Waals surface area contributed by atoms with E-state index in [0.717, 1.165) is 18.6 Å². The van der Waals surface area contributed by atoms with Crippen molar-refractivity contribution in [3.63, 3.8) is 0 Å². The number of nitrogens with zero attached hydrogens (tertiary/aromatic N) is 3. The third kappa shape index (κ3) is 2.59. The van der Waals surface area contributed by atoms with Crippen molar-refractivity contribution in [2.45, 2.75) is 30.4 Å². The van der Waals surface area contributed by atoms with Crippen molar-refractivity contribution < 1.29 is 18.8 Å². The molecular formula is C16H22N4O4. The normalized spacial score (nSPS) is 26.2.